The van der Waals surface area contributed by atoms with E-state index in [1.807, 2.05) is 78.9 Å². The van der Waals surface area contributed by atoms with Crippen molar-refractivity contribution in [2.45, 2.75) is 18.9 Å². The maximum atomic E-state index is 13.5. The molecule has 1 amide bonds. The summed E-state index contributed by atoms with van der Waals surface area (Å²) >= 11 is 0. The van der Waals surface area contributed by atoms with E-state index in [0.29, 0.717) is 12.2 Å². The quantitative estimate of drug-likeness (QED) is 0.392. The van der Waals surface area contributed by atoms with Gasteiger partial charge in [-0.1, -0.05) is 60.7 Å². The van der Waals surface area contributed by atoms with Gasteiger partial charge in [0.1, 0.15) is 11.4 Å². The van der Waals surface area contributed by atoms with E-state index in [9.17, 15) is 4.79 Å². The lowest BCUT2D eigenvalue weighted by atomic mass is 10.0. The summed E-state index contributed by atoms with van der Waals surface area (Å²) in [6, 6.07) is 29.8. The number of ether oxygens (including phenoxy) is 1. The molecular weight excluding hydrogens is 436 g/mol. The normalized spacial score (nSPS) is 14.5. The summed E-state index contributed by atoms with van der Waals surface area (Å²) in [6.45, 7) is 2.56. The third-order valence-corrected chi connectivity index (χ3v) is 6.53. The van der Waals surface area contributed by atoms with Crippen LogP contribution in [0.25, 0.3) is 16.9 Å². The van der Waals surface area contributed by atoms with Gasteiger partial charge in [0.2, 0.25) is 0 Å². The van der Waals surface area contributed by atoms with Crippen molar-refractivity contribution in [1.82, 2.24) is 20.0 Å². The SMILES string of the molecule is COc1cccc([C@@H](CNC(=O)c2cc(-c3ccccc3)nn2-c2ccccc2)N2CCCC2)c1. The highest BCUT2D eigenvalue weighted by molar-refractivity contribution is 5.94. The van der Waals surface area contributed by atoms with Crippen LogP contribution in [0.5, 0.6) is 5.75 Å². The van der Waals surface area contributed by atoms with Crippen LogP contribution in [-0.4, -0.2) is 47.3 Å². The Morgan fingerprint density at radius 1 is 0.943 bits per heavy atom. The highest BCUT2D eigenvalue weighted by Crippen LogP contribution is 2.28. The van der Waals surface area contributed by atoms with Crippen LogP contribution in [0.3, 0.4) is 0 Å². The van der Waals surface area contributed by atoms with Crippen LogP contribution in [0.2, 0.25) is 0 Å². The summed E-state index contributed by atoms with van der Waals surface area (Å²) in [6.07, 6.45) is 2.35. The van der Waals surface area contributed by atoms with Gasteiger partial charge in [0.25, 0.3) is 5.91 Å². The third kappa shape index (κ3) is 5.12. The Morgan fingerprint density at radius 2 is 1.66 bits per heavy atom. The van der Waals surface area contributed by atoms with Crippen LogP contribution < -0.4 is 10.1 Å². The zero-order chi connectivity index (χ0) is 24.0. The zero-order valence-electron chi connectivity index (χ0n) is 19.9. The minimum atomic E-state index is -0.143. The first kappa shape index (κ1) is 22.9. The van der Waals surface area contributed by atoms with Gasteiger partial charge in [0.15, 0.2) is 0 Å². The molecule has 3 aromatic carbocycles. The Kier molecular flexibility index (Phi) is 6.91. The lowest BCUT2D eigenvalue weighted by molar-refractivity contribution is 0.0930. The van der Waals surface area contributed by atoms with Crippen LogP contribution in [0.4, 0.5) is 0 Å². The average molecular weight is 467 g/mol. The van der Waals surface area contributed by atoms with E-state index in [1.165, 1.54) is 12.8 Å². The van der Waals surface area contributed by atoms with E-state index in [2.05, 4.69) is 22.3 Å². The maximum absolute atomic E-state index is 13.5. The molecule has 0 unspecified atom stereocenters. The fraction of sp³-hybridized carbons (Fsp3) is 0.241. The first-order chi connectivity index (χ1) is 17.2. The maximum Gasteiger partial charge on any atom is 0.270 e. The molecular formula is C29H30N4O2. The van der Waals surface area contributed by atoms with Crippen molar-refractivity contribution in [1.29, 1.82) is 0 Å². The minimum absolute atomic E-state index is 0.0817. The summed E-state index contributed by atoms with van der Waals surface area (Å²) in [4.78, 5) is 16.0. The molecule has 1 aromatic heterocycles. The van der Waals surface area contributed by atoms with Crippen LogP contribution in [0.15, 0.2) is 91.0 Å². The number of nitrogens with one attached hydrogen (secondary N) is 1. The molecule has 0 radical (unpaired) electrons. The number of para-hydroxylation sites is 1. The molecule has 178 valence electrons. The second kappa shape index (κ2) is 10.6. The molecule has 1 aliphatic rings. The number of likely N-dealkylation sites (tertiary alicyclic amines) is 1. The van der Waals surface area contributed by atoms with Crippen LogP contribution in [-0.2, 0) is 0 Å². The average Bonchev–Trinajstić information content (AvgIpc) is 3.61. The number of nitrogens with zero attached hydrogens (tertiary/aromatic N) is 3. The molecule has 35 heavy (non-hydrogen) atoms. The van der Waals surface area contributed by atoms with Gasteiger partial charge in [-0.15, -0.1) is 0 Å². The third-order valence-electron chi connectivity index (χ3n) is 6.53. The topological polar surface area (TPSA) is 59.4 Å². The van der Waals surface area contributed by atoms with Gasteiger partial charge >= 0.3 is 0 Å². The molecule has 6 heteroatoms. The van der Waals surface area contributed by atoms with Gasteiger partial charge in [-0.3, -0.25) is 9.69 Å². The van der Waals surface area contributed by atoms with Crippen molar-refractivity contribution >= 4 is 5.91 Å². The van der Waals surface area contributed by atoms with Crippen LogP contribution in [0, 0.1) is 0 Å². The highest BCUT2D eigenvalue weighted by Gasteiger charge is 2.25. The Labute approximate surface area is 206 Å². The molecule has 1 aliphatic heterocycles. The number of methoxy groups -OCH3 is 1. The summed E-state index contributed by atoms with van der Waals surface area (Å²) in [5, 5.41) is 7.99. The Balaban J connectivity index is 1.43. The smallest absolute Gasteiger partial charge is 0.270 e. The monoisotopic (exact) mass is 466 g/mol. The lowest BCUT2D eigenvalue weighted by Gasteiger charge is -2.28. The fourth-order valence-electron chi connectivity index (χ4n) is 4.70. The molecule has 0 bridgehead atoms. The molecule has 4 aromatic rings. The Morgan fingerprint density at radius 3 is 2.37 bits per heavy atom. The van der Waals surface area contributed by atoms with E-state index < -0.39 is 0 Å². The summed E-state index contributed by atoms with van der Waals surface area (Å²) < 4.78 is 7.18. The Hall–Kier alpha value is -3.90. The molecule has 1 saturated heterocycles. The summed E-state index contributed by atoms with van der Waals surface area (Å²) in [5.74, 6) is 0.684. The van der Waals surface area contributed by atoms with Crippen molar-refractivity contribution in [3.8, 4) is 22.7 Å². The largest absolute Gasteiger partial charge is 0.497 e. The van der Waals surface area contributed by atoms with Crippen LogP contribution in [0.1, 0.15) is 34.9 Å². The fourth-order valence-corrected chi connectivity index (χ4v) is 4.70. The molecule has 1 N–H and O–H groups in total. The van der Waals surface area contributed by atoms with Gasteiger partial charge < -0.3 is 10.1 Å². The van der Waals surface area contributed by atoms with Crippen LogP contribution >= 0.6 is 0 Å². The van der Waals surface area contributed by atoms with Gasteiger partial charge in [-0.2, -0.15) is 5.10 Å². The van der Waals surface area contributed by atoms with Gasteiger partial charge in [-0.05, 0) is 61.8 Å². The summed E-state index contributed by atoms with van der Waals surface area (Å²) in [7, 11) is 1.68. The lowest BCUT2D eigenvalue weighted by Crippen LogP contribution is -2.37. The predicted octanol–water partition coefficient (Wildman–Crippen LogP) is 5.11. The molecule has 0 aliphatic carbocycles. The predicted molar refractivity (Wildman–Crippen MR) is 138 cm³/mol. The number of carbonyl (C=O) groups is 1. The minimum Gasteiger partial charge on any atom is -0.497 e. The van der Waals surface area contributed by atoms with E-state index in [0.717, 1.165) is 41.3 Å². The number of hydrogen-bond acceptors (Lipinski definition) is 4. The van der Waals surface area contributed by atoms with Gasteiger partial charge in [0, 0.05) is 12.1 Å². The molecule has 2 heterocycles. The number of amides is 1. The molecule has 0 spiro atoms. The van der Waals surface area contributed by atoms with Crippen molar-refractivity contribution in [2.75, 3.05) is 26.7 Å². The molecule has 6 nitrogen and oxygen atoms in total. The Bertz CT molecular complexity index is 1260. The molecule has 5 rings (SSSR count). The highest BCUT2D eigenvalue weighted by atomic mass is 16.5. The van der Waals surface area contributed by atoms with Gasteiger partial charge in [-0.25, -0.2) is 4.68 Å². The van der Waals surface area contributed by atoms with E-state index >= 15 is 0 Å². The van der Waals surface area contributed by atoms with Crippen molar-refractivity contribution in [3.05, 3.63) is 102 Å². The second-order valence-electron chi connectivity index (χ2n) is 8.77. The number of aromatic nitrogens is 2. The number of carbonyl (C=O) groups excluding carboxylic acids is 1. The number of rotatable bonds is 8. The first-order valence-electron chi connectivity index (χ1n) is 12.1. The van der Waals surface area contributed by atoms with Gasteiger partial charge in [0.05, 0.1) is 24.5 Å². The summed E-state index contributed by atoms with van der Waals surface area (Å²) in [5.41, 5.74) is 4.25. The molecule has 0 saturated carbocycles. The first-order valence-corrected chi connectivity index (χ1v) is 12.1. The standard InChI is InChI=1S/C29H30N4O2/c1-35-25-16-10-13-23(19-25)28(32-17-8-9-18-32)21-30-29(34)27-20-26(22-11-4-2-5-12-22)31-33(27)24-14-6-3-7-15-24/h2-7,10-16,19-20,28H,8-9,17-18,21H2,1H3,(H,30,34)/t28-/m1/s1. The zero-order valence-corrected chi connectivity index (χ0v) is 19.9. The van der Waals surface area contributed by atoms with Crippen molar-refractivity contribution in [3.63, 3.8) is 0 Å². The van der Waals surface area contributed by atoms with Crippen molar-refractivity contribution in [2.24, 2.45) is 0 Å². The number of benzene rings is 3. The van der Waals surface area contributed by atoms with E-state index in [4.69, 9.17) is 9.84 Å². The van der Waals surface area contributed by atoms with Crippen molar-refractivity contribution < 1.29 is 9.53 Å². The number of hydrogen-bond donors (Lipinski definition) is 1. The molecule has 1 atom stereocenters. The van der Waals surface area contributed by atoms with E-state index in [-0.39, 0.29) is 11.9 Å². The second-order valence-corrected chi connectivity index (χ2v) is 8.77. The molecule has 1 fully saturated rings. The van der Waals surface area contributed by atoms with E-state index in [1.54, 1.807) is 11.8 Å².